The fourth-order valence-electron chi connectivity index (χ4n) is 6.23. The van der Waals surface area contributed by atoms with E-state index in [0.29, 0.717) is 19.3 Å². The highest BCUT2D eigenvalue weighted by Crippen LogP contribution is 2.14. The lowest BCUT2D eigenvalue weighted by molar-refractivity contribution is -0.167. The van der Waals surface area contributed by atoms with Crippen molar-refractivity contribution in [2.24, 2.45) is 0 Å². The van der Waals surface area contributed by atoms with E-state index in [1.54, 1.807) is 0 Å². The maximum atomic E-state index is 12.7. The van der Waals surface area contributed by atoms with Crippen LogP contribution in [0.1, 0.15) is 233 Å². The molecule has 0 aromatic heterocycles. The Hall–Kier alpha value is -2.11. The van der Waals surface area contributed by atoms with Crippen LogP contribution in [0.3, 0.4) is 0 Å². The number of ether oxygens (including phenoxy) is 3. The lowest BCUT2D eigenvalue weighted by Crippen LogP contribution is -2.30. The summed E-state index contributed by atoms with van der Waals surface area (Å²) in [5.74, 6) is -0.897. The number of unbranched alkanes of at least 4 members (excludes halogenated alkanes) is 25. The Morgan fingerprint density at radius 3 is 1.02 bits per heavy atom. The molecular formula is C46H84O6. The molecule has 0 radical (unpaired) electrons. The summed E-state index contributed by atoms with van der Waals surface area (Å²) in [6.07, 6.45) is 44.4. The van der Waals surface area contributed by atoms with Crippen LogP contribution < -0.4 is 0 Å². The van der Waals surface area contributed by atoms with Crippen LogP contribution in [0, 0.1) is 0 Å². The fraction of sp³-hybridized carbons (Fsp3) is 0.848. The molecule has 0 bridgehead atoms. The maximum absolute atomic E-state index is 12.7. The smallest absolute Gasteiger partial charge is 0.306 e. The van der Waals surface area contributed by atoms with Gasteiger partial charge in [-0.15, -0.1) is 0 Å². The average Bonchev–Trinajstić information content (AvgIpc) is 3.14. The second kappa shape index (κ2) is 41.6. The highest BCUT2D eigenvalue weighted by atomic mass is 16.6. The van der Waals surface area contributed by atoms with Crippen molar-refractivity contribution >= 4 is 17.9 Å². The van der Waals surface area contributed by atoms with Gasteiger partial charge in [-0.05, 0) is 57.8 Å². The fourth-order valence-corrected chi connectivity index (χ4v) is 6.23. The Balaban J connectivity index is 4.36. The summed E-state index contributed by atoms with van der Waals surface area (Å²) in [4.78, 5) is 37.6. The van der Waals surface area contributed by atoms with Crippen molar-refractivity contribution in [3.63, 3.8) is 0 Å². The summed E-state index contributed by atoms with van der Waals surface area (Å²) in [5, 5.41) is 0. The molecule has 0 aromatic carbocycles. The van der Waals surface area contributed by atoms with Crippen LogP contribution in [0.5, 0.6) is 0 Å². The summed E-state index contributed by atoms with van der Waals surface area (Å²) in [5.41, 5.74) is 0. The number of rotatable bonds is 40. The predicted octanol–water partition coefficient (Wildman–Crippen LogP) is 14.0. The highest BCUT2D eigenvalue weighted by molar-refractivity contribution is 5.71. The number of hydrogen-bond donors (Lipinski definition) is 0. The Labute approximate surface area is 322 Å². The van der Waals surface area contributed by atoms with Crippen molar-refractivity contribution in [1.82, 2.24) is 0 Å². The quantitative estimate of drug-likeness (QED) is 0.0270. The zero-order valence-electron chi connectivity index (χ0n) is 34.6. The molecule has 0 amide bonds. The third kappa shape index (κ3) is 39.1. The van der Waals surface area contributed by atoms with E-state index in [4.69, 9.17) is 14.2 Å². The zero-order valence-corrected chi connectivity index (χ0v) is 34.6. The van der Waals surface area contributed by atoms with Crippen LogP contribution in [0.4, 0.5) is 0 Å². The molecule has 1 unspecified atom stereocenters. The Morgan fingerprint density at radius 1 is 0.365 bits per heavy atom. The van der Waals surface area contributed by atoms with Crippen LogP contribution in [0.15, 0.2) is 24.3 Å². The van der Waals surface area contributed by atoms with Gasteiger partial charge in [0.25, 0.3) is 0 Å². The van der Waals surface area contributed by atoms with Crippen LogP contribution in [0.25, 0.3) is 0 Å². The molecule has 0 aliphatic heterocycles. The van der Waals surface area contributed by atoms with Crippen LogP contribution in [-0.4, -0.2) is 37.2 Å². The molecule has 0 aliphatic rings. The van der Waals surface area contributed by atoms with E-state index in [0.717, 1.165) is 89.9 Å². The molecule has 0 heterocycles. The maximum Gasteiger partial charge on any atom is 0.306 e. The zero-order chi connectivity index (χ0) is 38.0. The highest BCUT2D eigenvalue weighted by Gasteiger charge is 2.19. The average molecular weight is 733 g/mol. The molecule has 0 spiro atoms. The van der Waals surface area contributed by atoms with E-state index in [9.17, 15) is 14.4 Å². The monoisotopic (exact) mass is 733 g/mol. The molecule has 0 aromatic rings. The SMILES string of the molecule is CCCC/C=C\CCCCCCCC(=O)OC(COC(=O)CCCCCC/C=C\CCCC)COC(=O)CCCCCCCCCCCCCCC. The molecule has 0 rings (SSSR count). The first-order valence-corrected chi connectivity index (χ1v) is 22.3. The molecule has 52 heavy (non-hydrogen) atoms. The van der Waals surface area contributed by atoms with E-state index >= 15 is 0 Å². The van der Waals surface area contributed by atoms with Gasteiger partial charge >= 0.3 is 17.9 Å². The number of hydrogen-bond acceptors (Lipinski definition) is 6. The lowest BCUT2D eigenvalue weighted by atomic mass is 10.0. The first-order valence-electron chi connectivity index (χ1n) is 22.3. The van der Waals surface area contributed by atoms with E-state index in [1.165, 1.54) is 103 Å². The molecule has 0 saturated carbocycles. The summed E-state index contributed by atoms with van der Waals surface area (Å²) in [6, 6.07) is 0. The second-order valence-electron chi connectivity index (χ2n) is 15.0. The van der Waals surface area contributed by atoms with Crippen molar-refractivity contribution in [2.75, 3.05) is 13.2 Å². The summed E-state index contributed by atoms with van der Waals surface area (Å²) in [7, 11) is 0. The predicted molar refractivity (Wildman–Crippen MR) is 219 cm³/mol. The van der Waals surface area contributed by atoms with Gasteiger partial charge in [0.05, 0.1) is 0 Å². The number of esters is 3. The molecule has 6 heteroatoms. The molecule has 0 aliphatic carbocycles. The van der Waals surface area contributed by atoms with Crippen LogP contribution >= 0.6 is 0 Å². The van der Waals surface area contributed by atoms with Gasteiger partial charge in [0, 0.05) is 19.3 Å². The minimum Gasteiger partial charge on any atom is -0.462 e. The Kier molecular flexibility index (Phi) is 40.0. The molecular weight excluding hydrogens is 648 g/mol. The Bertz CT molecular complexity index is 850. The van der Waals surface area contributed by atoms with Gasteiger partial charge < -0.3 is 14.2 Å². The number of carbonyl (C=O) groups excluding carboxylic acids is 3. The molecule has 0 saturated heterocycles. The largest absolute Gasteiger partial charge is 0.462 e. The first-order chi connectivity index (χ1) is 25.5. The van der Waals surface area contributed by atoms with Crippen molar-refractivity contribution in [2.45, 2.75) is 239 Å². The molecule has 0 N–H and O–H groups in total. The van der Waals surface area contributed by atoms with Gasteiger partial charge in [-0.1, -0.05) is 180 Å². The van der Waals surface area contributed by atoms with Gasteiger partial charge in [-0.3, -0.25) is 14.4 Å². The van der Waals surface area contributed by atoms with Crippen molar-refractivity contribution in [1.29, 1.82) is 0 Å². The van der Waals surface area contributed by atoms with Crippen molar-refractivity contribution in [3.8, 4) is 0 Å². The molecule has 1 atom stereocenters. The summed E-state index contributed by atoms with van der Waals surface area (Å²) >= 11 is 0. The summed E-state index contributed by atoms with van der Waals surface area (Å²) in [6.45, 7) is 6.53. The standard InChI is InChI=1S/C46H84O6/c1-4-7-10-13-16-19-22-23-25-27-30-33-36-39-45(48)51-42-43(41-50-44(47)38-35-32-29-26-21-18-15-12-9-6-3)52-46(49)40-37-34-31-28-24-20-17-14-11-8-5-2/h14-15,17-18,43H,4-13,16,19-42H2,1-3H3/b17-14-,18-15-. The van der Waals surface area contributed by atoms with Crippen LogP contribution in [0.2, 0.25) is 0 Å². The third-order valence-corrected chi connectivity index (χ3v) is 9.68. The van der Waals surface area contributed by atoms with Gasteiger partial charge in [-0.2, -0.15) is 0 Å². The minimum atomic E-state index is -0.772. The molecule has 304 valence electrons. The van der Waals surface area contributed by atoms with Crippen molar-refractivity contribution < 1.29 is 28.6 Å². The topological polar surface area (TPSA) is 78.9 Å². The van der Waals surface area contributed by atoms with Gasteiger partial charge in [0.15, 0.2) is 6.10 Å². The Morgan fingerprint density at radius 2 is 0.654 bits per heavy atom. The normalized spacial score (nSPS) is 12.1. The lowest BCUT2D eigenvalue weighted by Gasteiger charge is -2.18. The minimum absolute atomic E-state index is 0.0756. The van der Waals surface area contributed by atoms with E-state index < -0.39 is 6.10 Å². The second-order valence-corrected chi connectivity index (χ2v) is 15.0. The number of allylic oxidation sites excluding steroid dienone is 4. The van der Waals surface area contributed by atoms with E-state index in [2.05, 4.69) is 45.1 Å². The summed E-state index contributed by atoms with van der Waals surface area (Å²) < 4.78 is 16.7. The van der Waals surface area contributed by atoms with Gasteiger partial charge in [-0.25, -0.2) is 0 Å². The van der Waals surface area contributed by atoms with Gasteiger partial charge in [0.2, 0.25) is 0 Å². The van der Waals surface area contributed by atoms with E-state index in [-0.39, 0.29) is 31.1 Å². The van der Waals surface area contributed by atoms with Crippen LogP contribution in [-0.2, 0) is 28.6 Å². The molecule has 0 fully saturated rings. The first kappa shape index (κ1) is 49.9. The van der Waals surface area contributed by atoms with Gasteiger partial charge in [0.1, 0.15) is 13.2 Å². The third-order valence-electron chi connectivity index (χ3n) is 9.68. The van der Waals surface area contributed by atoms with Crippen molar-refractivity contribution in [3.05, 3.63) is 24.3 Å². The molecule has 6 nitrogen and oxygen atoms in total. The number of carbonyl (C=O) groups is 3. The van der Waals surface area contributed by atoms with E-state index in [1.807, 2.05) is 0 Å².